The summed E-state index contributed by atoms with van der Waals surface area (Å²) in [5.41, 5.74) is 3.28. The second kappa shape index (κ2) is 7.89. The fourth-order valence-corrected chi connectivity index (χ4v) is 4.60. The van der Waals surface area contributed by atoms with Crippen molar-refractivity contribution in [2.75, 3.05) is 7.11 Å². The summed E-state index contributed by atoms with van der Waals surface area (Å²) in [5, 5.41) is 10.8. The minimum atomic E-state index is -0.411. The van der Waals surface area contributed by atoms with E-state index in [1.54, 1.807) is 19.5 Å². The lowest BCUT2D eigenvalue weighted by atomic mass is 9.83. The third kappa shape index (κ3) is 3.25. The molecule has 0 saturated carbocycles. The Morgan fingerprint density at radius 1 is 1.06 bits per heavy atom. The summed E-state index contributed by atoms with van der Waals surface area (Å²) in [5.74, 6) is 0.315. The molecule has 0 fully saturated rings. The number of ether oxygens (including phenoxy) is 1. The van der Waals surface area contributed by atoms with Gasteiger partial charge in [-0.05, 0) is 11.1 Å². The highest BCUT2D eigenvalue weighted by molar-refractivity contribution is 5.62. The molecule has 0 bridgehead atoms. The first kappa shape index (κ1) is 19.3. The van der Waals surface area contributed by atoms with E-state index in [0.717, 1.165) is 5.69 Å². The maximum Gasteiger partial charge on any atom is 0.223 e. The molecular weight excluding hydrogens is 390 g/mol. The number of benzene rings is 2. The molecule has 6 nitrogen and oxygen atoms in total. The van der Waals surface area contributed by atoms with Gasteiger partial charge in [0.15, 0.2) is 11.6 Å². The minimum Gasteiger partial charge on any atom is -0.503 e. The van der Waals surface area contributed by atoms with Crippen molar-refractivity contribution < 1.29 is 9.84 Å². The Morgan fingerprint density at radius 2 is 1.71 bits per heavy atom. The predicted molar refractivity (Wildman–Crippen MR) is 118 cm³/mol. The van der Waals surface area contributed by atoms with E-state index in [-0.39, 0.29) is 17.7 Å². The smallest absolute Gasteiger partial charge is 0.223 e. The topological polar surface area (TPSA) is 69.3 Å². The van der Waals surface area contributed by atoms with Crippen molar-refractivity contribution in [1.29, 1.82) is 0 Å². The Morgan fingerprint density at radius 3 is 2.32 bits per heavy atom. The van der Waals surface area contributed by atoms with Crippen LogP contribution in [0.25, 0.3) is 11.5 Å². The first-order valence-electron chi connectivity index (χ1n) is 10.3. The molecule has 1 aliphatic rings. The molecule has 0 unspecified atom stereocenters. The summed E-state index contributed by atoms with van der Waals surface area (Å²) >= 11 is 0. The molecule has 0 spiro atoms. The average Bonchev–Trinajstić information content (AvgIpc) is 3.20. The Labute approximate surface area is 180 Å². The predicted octanol–water partition coefficient (Wildman–Crippen LogP) is 3.95. The van der Waals surface area contributed by atoms with Crippen molar-refractivity contribution in [3.8, 4) is 17.3 Å². The van der Waals surface area contributed by atoms with Crippen molar-refractivity contribution in [3.63, 3.8) is 0 Å². The van der Waals surface area contributed by atoms with Crippen LogP contribution in [0, 0.1) is 0 Å². The number of imidazole rings is 1. The van der Waals surface area contributed by atoms with Gasteiger partial charge in [0.1, 0.15) is 5.69 Å². The van der Waals surface area contributed by atoms with Gasteiger partial charge in [0.25, 0.3) is 0 Å². The first-order chi connectivity index (χ1) is 15.2. The van der Waals surface area contributed by atoms with Gasteiger partial charge in [0.2, 0.25) is 5.43 Å². The molecule has 0 radical (unpaired) electrons. The molecule has 0 aliphatic carbocycles. The molecule has 31 heavy (non-hydrogen) atoms. The summed E-state index contributed by atoms with van der Waals surface area (Å²) < 4.78 is 9.42. The fourth-order valence-electron chi connectivity index (χ4n) is 4.60. The van der Waals surface area contributed by atoms with Crippen LogP contribution in [0.4, 0.5) is 0 Å². The molecule has 1 aliphatic heterocycles. The summed E-state index contributed by atoms with van der Waals surface area (Å²) in [6, 6.07) is 22.0. The monoisotopic (exact) mass is 413 g/mol. The molecule has 5 rings (SSSR count). The van der Waals surface area contributed by atoms with E-state index < -0.39 is 5.43 Å². The standard InChI is InChI=1S/C25H23N3O3/c1-31-16-19-14-26-25-23-24(30)21(29)12-13-27(23)20(15-28(19)25)22(17-8-4-2-5-9-17)18-10-6-3-7-11-18/h2-14,20,22,30H,15-16H2,1H3/t20-/m1/s1. The zero-order chi connectivity index (χ0) is 21.4. The van der Waals surface area contributed by atoms with E-state index in [1.165, 1.54) is 17.2 Å². The molecule has 1 atom stereocenters. The maximum absolute atomic E-state index is 12.3. The van der Waals surface area contributed by atoms with Crippen LogP contribution in [-0.4, -0.2) is 26.3 Å². The number of nitrogens with zero attached hydrogens (tertiary/aromatic N) is 3. The number of aromatic nitrogens is 3. The average molecular weight is 413 g/mol. The highest BCUT2D eigenvalue weighted by Crippen LogP contribution is 2.43. The molecule has 4 aromatic rings. The Bertz CT molecular complexity index is 1220. The summed E-state index contributed by atoms with van der Waals surface area (Å²) in [4.78, 5) is 16.8. The van der Waals surface area contributed by atoms with Crippen LogP contribution in [0.1, 0.15) is 28.8 Å². The lowest BCUT2D eigenvalue weighted by molar-refractivity contribution is 0.176. The quantitative estimate of drug-likeness (QED) is 0.538. The molecule has 2 aromatic heterocycles. The molecule has 3 heterocycles. The van der Waals surface area contributed by atoms with Crippen molar-refractivity contribution in [2.45, 2.75) is 25.1 Å². The van der Waals surface area contributed by atoms with Gasteiger partial charge in [-0.15, -0.1) is 0 Å². The number of rotatable bonds is 5. The highest BCUT2D eigenvalue weighted by atomic mass is 16.5. The van der Waals surface area contributed by atoms with Gasteiger partial charge in [0.05, 0.1) is 24.5 Å². The van der Waals surface area contributed by atoms with Crippen molar-refractivity contribution in [1.82, 2.24) is 14.1 Å². The molecule has 6 heteroatoms. The van der Waals surface area contributed by atoms with Gasteiger partial charge in [-0.1, -0.05) is 60.7 Å². The van der Waals surface area contributed by atoms with Gasteiger partial charge in [-0.3, -0.25) is 4.79 Å². The molecule has 0 amide bonds. The summed E-state index contributed by atoms with van der Waals surface area (Å²) in [7, 11) is 1.65. The van der Waals surface area contributed by atoms with Gasteiger partial charge in [-0.2, -0.15) is 0 Å². The second-order valence-corrected chi connectivity index (χ2v) is 7.77. The van der Waals surface area contributed by atoms with Crippen LogP contribution in [-0.2, 0) is 17.9 Å². The van der Waals surface area contributed by atoms with Crippen LogP contribution in [0.2, 0.25) is 0 Å². The molecular formula is C25H23N3O3. The molecule has 1 N–H and O–H groups in total. The van der Waals surface area contributed by atoms with E-state index >= 15 is 0 Å². The van der Waals surface area contributed by atoms with E-state index in [9.17, 15) is 9.90 Å². The zero-order valence-corrected chi connectivity index (χ0v) is 17.2. The van der Waals surface area contributed by atoms with Gasteiger partial charge < -0.3 is 19.0 Å². The molecule has 2 aromatic carbocycles. The first-order valence-corrected chi connectivity index (χ1v) is 10.3. The summed E-state index contributed by atoms with van der Waals surface area (Å²) in [6.07, 6.45) is 3.53. The number of hydrogen-bond donors (Lipinski definition) is 1. The lowest BCUT2D eigenvalue weighted by Gasteiger charge is -2.36. The minimum absolute atomic E-state index is 0.00833. The summed E-state index contributed by atoms with van der Waals surface area (Å²) in [6.45, 7) is 1.04. The maximum atomic E-state index is 12.3. The third-order valence-electron chi connectivity index (χ3n) is 5.97. The Balaban J connectivity index is 1.76. The van der Waals surface area contributed by atoms with E-state index in [0.29, 0.717) is 24.7 Å². The SMILES string of the molecule is COCc1cnc2n1C[C@H](C(c1ccccc1)c1ccccc1)n1ccc(=O)c(O)c1-2. The van der Waals surface area contributed by atoms with Gasteiger partial charge in [0, 0.05) is 31.8 Å². The molecule has 0 saturated heterocycles. The number of aromatic hydroxyl groups is 1. The number of fused-ring (bicyclic) bond motifs is 3. The Kier molecular flexibility index (Phi) is 4.92. The normalized spacial score (nSPS) is 15.0. The van der Waals surface area contributed by atoms with Crippen molar-refractivity contribution >= 4 is 0 Å². The largest absolute Gasteiger partial charge is 0.503 e. The number of methoxy groups -OCH3 is 1. The Hall–Kier alpha value is -3.64. The van der Waals surface area contributed by atoms with Crippen LogP contribution >= 0.6 is 0 Å². The third-order valence-corrected chi connectivity index (χ3v) is 5.97. The van der Waals surface area contributed by atoms with Crippen molar-refractivity contribution in [3.05, 3.63) is 106 Å². The van der Waals surface area contributed by atoms with Crippen molar-refractivity contribution in [2.24, 2.45) is 0 Å². The van der Waals surface area contributed by atoms with E-state index in [2.05, 4.69) is 33.8 Å². The van der Waals surface area contributed by atoms with Crippen LogP contribution in [0.3, 0.4) is 0 Å². The van der Waals surface area contributed by atoms with Crippen LogP contribution < -0.4 is 5.43 Å². The van der Waals surface area contributed by atoms with Crippen LogP contribution in [0.15, 0.2) is 83.9 Å². The highest BCUT2D eigenvalue weighted by Gasteiger charge is 2.35. The second-order valence-electron chi connectivity index (χ2n) is 7.77. The van der Waals surface area contributed by atoms with Crippen LogP contribution in [0.5, 0.6) is 5.75 Å². The fraction of sp³-hybridized carbons (Fsp3) is 0.200. The van der Waals surface area contributed by atoms with Gasteiger partial charge in [-0.25, -0.2) is 4.98 Å². The number of pyridine rings is 1. The van der Waals surface area contributed by atoms with E-state index in [4.69, 9.17) is 4.74 Å². The van der Waals surface area contributed by atoms with E-state index in [1.807, 2.05) is 41.0 Å². The van der Waals surface area contributed by atoms with Gasteiger partial charge >= 0.3 is 0 Å². The molecule has 156 valence electrons. The zero-order valence-electron chi connectivity index (χ0n) is 17.2. The lowest BCUT2D eigenvalue weighted by Crippen LogP contribution is -2.31. The number of hydrogen-bond acceptors (Lipinski definition) is 4.